The molecule has 4 nitrogen and oxygen atoms in total. The van der Waals surface area contributed by atoms with E-state index in [-0.39, 0.29) is 12.4 Å². The monoisotopic (exact) mass is 402 g/mol. The maximum Gasteiger partial charge on any atom is 0.527 e. The van der Waals surface area contributed by atoms with E-state index in [2.05, 4.69) is 6.92 Å². The Labute approximate surface area is 164 Å². The summed E-state index contributed by atoms with van der Waals surface area (Å²) in [5.74, 6) is 0.202. The predicted octanol–water partition coefficient (Wildman–Crippen LogP) is 7.35. The molecule has 0 aliphatic heterocycles. The molecule has 0 aromatic heterocycles. The molecule has 0 amide bonds. The average molecular weight is 402 g/mol. The first kappa shape index (κ1) is 24.1. The molecule has 1 N–H and O–H groups in total. The Balaban J connectivity index is 1.98. The van der Waals surface area contributed by atoms with Gasteiger partial charge in [0.05, 0.1) is 6.61 Å². The number of halogens is 1. The molecule has 0 saturated carbocycles. The molecule has 0 saturated heterocycles. The van der Waals surface area contributed by atoms with Gasteiger partial charge in [-0.3, -0.25) is 9.42 Å². The second-order valence-corrected chi connectivity index (χ2v) is 8.44. The van der Waals surface area contributed by atoms with Gasteiger partial charge < -0.3 is 4.52 Å². The smallest absolute Gasteiger partial charge is 0.404 e. The van der Waals surface area contributed by atoms with Crippen molar-refractivity contribution < 1.29 is 22.9 Å². The Morgan fingerprint density at radius 1 is 0.852 bits per heavy atom. The van der Waals surface area contributed by atoms with Crippen LogP contribution in [0.2, 0.25) is 0 Å². The number of hydrogen-bond donors (Lipinski definition) is 1. The van der Waals surface area contributed by atoms with Crippen molar-refractivity contribution in [3.63, 3.8) is 0 Å². The molecule has 0 radical (unpaired) electrons. The van der Waals surface area contributed by atoms with Gasteiger partial charge in [-0.25, -0.2) is 8.96 Å². The minimum Gasteiger partial charge on any atom is -0.404 e. The van der Waals surface area contributed by atoms with Crippen molar-refractivity contribution in [3.05, 3.63) is 29.8 Å². The minimum absolute atomic E-state index is 0.202. The molecule has 0 fully saturated rings. The zero-order chi connectivity index (χ0) is 19.8. The van der Waals surface area contributed by atoms with Gasteiger partial charge in [-0.1, -0.05) is 89.7 Å². The quantitative estimate of drug-likeness (QED) is 0.218. The first-order chi connectivity index (χ1) is 13.1. The van der Waals surface area contributed by atoms with E-state index in [0.717, 1.165) is 19.3 Å². The Kier molecular flexibility index (Phi) is 13.5. The maximum absolute atomic E-state index is 12.4. The van der Waals surface area contributed by atoms with E-state index in [9.17, 15) is 13.8 Å². The van der Waals surface area contributed by atoms with E-state index in [1.54, 1.807) is 0 Å². The topological polar surface area (TPSA) is 55.8 Å². The largest absolute Gasteiger partial charge is 0.527 e. The van der Waals surface area contributed by atoms with E-state index in [4.69, 9.17) is 9.05 Å². The lowest BCUT2D eigenvalue weighted by Gasteiger charge is -2.13. The maximum atomic E-state index is 12.4. The highest BCUT2D eigenvalue weighted by molar-refractivity contribution is 7.47. The minimum atomic E-state index is -4.11. The summed E-state index contributed by atoms with van der Waals surface area (Å²) in [6.07, 6.45) is 14.7. The van der Waals surface area contributed by atoms with Crippen LogP contribution in [0.1, 0.15) is 89.5 Å². The molecule has 0 aliphatic carbocycles. The lowest BCUT2D eigenvalue weighted by atomic mass is 10.1. The van der Waals surface area contributed by atoms with Gasteiger partial charge >= 0.3 is 7.82 Å². The van der Waals surface area contributed by atoms with Crippen LogP contribution in [0.3, 0.4) is 0 Å². The van der Waals surface area contributed by atoms with Gasteiger partial charge in [0.2, 0.25) is 0 Å². The van der Waals surface area contributed by atoms with Crippen molar-refractivity contribution in [2.45, 2.75) is 90.6 Å². The van der Waals surface area contributed by atoms with Gasteiger partial charge in [0, 0.05) is 0 Å². The van der Waals surface area contributed by atoms with Crippen LogP contribution in [0.5, 0.6) is 5.75 Å². The van der Waals surface area contributed by atoms with Crippen molar-refractivity contribution in [2.24, 2.45) is 0 Å². The summed E-state index contributed by atoms with van der Waals surface area (Å²) in [6, 6.07) is 5.96. The van der Waals surface area contributed by atoms with Gasteiger partial charge in [-0.05, 0) is 24.1 Å². The second-order valence-electron chi connectivity index (χ2n) is 7.06. The standard InChI is InChI=1S/C21H36FO4P/c1-2-3-4-5-6-7-8-9-10-11-12-13-18-25-27(23,24)26-21-16-14-20(19-22)15-17-21/h14-17H,2-13,18-19H2,1H3,(H,23,24). The Bertz CT molecular complexity index is 521. The van der Waals surface area contributed by atoms with Crippen molar-refractivity contribution in [1.82, 2.24) is 0 Å². The molecule has 27 heavy (non-hydrogen) atoms. The zero-order valence-electron chi connectivity index (χ0n) is 16.7. The third-order valence-electron chi connectivity index (χ3n) is 4.55. The molecular formula is C21H36FO4P. The molecule has 1 atom stereocenters. The summed E-state index contributed by atoms with van der Waals surface area (Å²) in [6.45, 7) is 1.87. The predicted molar refractivity (Wildman–Crippen MR) is 109 cm³/mol. The number of phosphoric ester groups is 1. The molecule has 0 spiro atoms. The number of phosphoric acid groups is 1. The number of rotatable bonds is 17. The molecule has 6 heteroatoms. The van der Waals surface area contributed by atoms with Gasteiger partial charge in [-0.2, -0.15) is 0 Å². The van der Waals surface area contributed by atoms with Crippen LogP contribution in [0.25, 0.3) is 0 Å². The molecule has 156 valence electrons. The lowest BCUT2D eigenvalue weighted by Crippen LogP contribution is -1.99. The third kappa shape index (κ3) is 13.0. The fourth-order valence-electron chi connectivity index (χ4n) is 2.92. The van der Waals surface area contributed by atoms with Crippen molar-refractivity contribution in [3.8, 4) is 5.75 Å². The van der Waals surface area contributed by atoms with Crippen LogP contribution in [0.4, 0.5) is 4.39 Å². The van der Waals surface area contributed by atoms with Gasteiger partial charge in [-0.15, -0.1) is 0 Å². The normalized spacial score (nSPS) is 13.4. The van der Waals surface area contributed by atoms with E-state index < -0.39 is 14.5 Å². The van der Waals surface area contributed by atoms with Crippen LogP contribution >= 0.6 is 7.82 Å². The molecule has 1 unspecified atom stereocenters. The van der Waals surface area contributed by atoms with Crippen molar-refractivity contribution in [2.75, 3.05) is 6.61 Å². The van der Waals surface area contributed by atoms with Crippen LogP contribution < -0.4 is 4.52 Å². The molecule has 0 heterocycles. The summed E-state index contributed by atoms with van der Waals surface area (Å²) in [5.41, 5.74) is 0.493. The summed E-state index contributed by atoms with van der Waals surface area (Å²) < 4.78 is 34.3. The van der Waals surface area contributed by atoms with Gasteiger partial charge in [0.1, 0.15) is 12.4 Å². The first-order valence-corrected chi connectivity index (χ1v) is 11.9. The summed E-state index contributed by atoms with van der Waals surface area (Å²) in [4.78, 5) is 9.71. The Hall–Kier alpha value is -0.900. The molecule has 1 aromatic rings. The van der Waals surface area contributed by atoms with Crippen molar-refractivity contribution in [1.29, 1.82) is 0 Å². The van der Waals surface area contributed by atoms with E-state index >= 15 is 0 Å². The average Bonchev–Trinajstić information content (AvgIpc) is 2.66. The van der Waals surface area contributed by atoms with Crippen LogP contribution in [-0.2, 0) is 15.8 Å². The third-order valence-corrected chi connectivity index (χ3v) is 5.50. The Morgan fingerprint density at radius 3 is 1.81 bits per heavy atom. The number of alkyl halides is 1. The number of benzene rings is 1. The molecule has 0 aliphatic rings. The molecule has 1 aromatic carbocycles. The van der Waals surface area contributed by atoms with Crippen LogP contribution in [0, 0.1) is 0 Å². The zero-order valence-corrected chi connectivity index (χ0v) is 17.6. The van der Waals surface area contributed by atoms with Gasteiger partial charge in [0.15, 0.2) is 0 Å². The van der Waals surface area contributed by atoms with Crippen LogP contribution in [0.15, 0.2) is 24.3 Å². The van der Waals surface area contributed by atoms with E-state index in [1.165, 1.54) is 82.1 Å². The summed E-state index contributed by atoms with van der Waals surface area (Å²) in [7, 11) is -4.11. The Morgan fingerprint density at radius 2 is 1.33 bits per heavy atom. The summed E-state index contributed by atoms with van der Waals surface area (Å²) in [5, 5.41) is 0. The molecule has 0 bridgehead atoms. The number of hydrogen-bond acceptors (Lipinski definition) is 3. The second kappa shape index (κ2) is 15.1. The van der Waals surface area contributed by atoms with Gasteiger partial charge in [0.25, 0.3) is 0 Å². The molecular weight excluding hydrogens is 366 g/mol. The van der Waals surface area contributed by atoms with E-state index in [1.807, 2.05) is 0 Å². The fourth-order valence-corrected chi connectivity index (χ4v) is 3.72. The van der Waals surface area contributed by atoms with E-state index in [0.29, 0.717) is 5.56 Å². The highest BCUT2D eigenvalue weighted by Crippen LogP contribution is 2.43. The highest BCUT2D eigenvalue weighted by atomic mass is 31.2. The molecule has 1 rings (SSSR count). The van der Waals surface area contributed by atoms with Crippen molar-refractivity contribution >= 4 is 7.82 Å². The SMILES string of the molecule is CCCCCCCCCCCCCCOP(=O)(O)Oc1ccc(CF)cc1. The lowest BCUT2D eigenvalue weighted by molar-refractivity contribution is 0.199. The van der Waals surface area contributed by atoms with Crippen LogP contribution in [-0.4, -0.2) is 11.5 Å². The first-order valence-electron chi connectivity index (χ1n) is 10.4. The fraction of sp³-hybridized carbons (Fsp3) is 0.714. The highest BCUT2D eigenvalue weighted by Gasteiger charge is 2.22. The number of unbranched alkanes of at least 4 members (excludes halogenated alkanes) is 11. The summed E-state index contributed by atoms with van der Waals surface area (Å²) >= 11 is 0.